The molecule has 0 aromatic heterocycles. The molecule has 2 amide bonds. The predicted molar refractivity (Wildman–Crippen MR) is 70.6 cm³/mol. The number of likely N-dealkylation sites (N-methyl/N-ethyl adjacent to an activating group) is 1. The van der Waals surface area contributed by atoms with Gasteiger partial charge in [0.15, 0.2) is 0 Å². The Balaban J connectivity index is 2.14. The number of carbonyl (C=O) groups is 2. The van der Waals surface area contributed by atoms with Gasteiger partial charge in [-0.1, -0.05) is 6.07 Å². The Bertz CT molecular complexity index is 587. The number of nitro groups is 1. The average molecular weight is 278 g/mol. The third-order valence-corrected chi connectivity index (χ3v) is 3.14. The van der Waals surface area contributed by atoms with Gasteiger partial charge in [0.2, 0.25) is 11.8 Å². The smallest absolute Gasteiger partial charge is 0.292 e. The second kappa shape index (κ2) is 5.16. The van der Waals surface area contributed by atoms with Crippen LogP contribution in [0.5, 0.6) is 0 Å². The van der Waals surface area contributed by atoms with Crippen LogP contribution in [-0.2, 0) is 16.1 Å². The van der Waals surface area contributed by atoms with E-state index in [4.69, 9.17) is 5.73 Å². The quantitative estimate of drug-likeness (QED) is 0.474. The lowest BCUT2D eigenvalue weighted by molar-refractivity contribution is -0.383. The summed E-state index contributed by atoms with van der Waals surface area (Å²) in [6, 6.07) is 4.28. The van der Waals surface area contributed by atoms with E-state index in [1.807, 2.05) is 0 Å². The first-order valence-corrected chi connectivity index (χ1v) is 5.93. The van der Waals surface area contributed by atoms with Crippen LogP contribution in [0, 0.1) is 10.1 Å². The van der Waals surface area contributed by atoms with Gasteiger partial charge in [-0.15, -0.1) is 0 Å². The standard InChI is InChI=1S/C12H14N4O4/c1-14-6-12(18)15(7-11(14)17)5-8-2-3-10(16(19)20)9(13)4-8/h2-4H,5-7,13H2,1H3. The van der Waals surface area contributed by atoms with Crippen molar-refractivity contribution < 1.29 is 14.5 Å². The van der Waals surface area contributed by atoms with Gasteiger partial charge in [0.1, 0.15) is 12.2 Å². The molecule has 1 heterocycles. The van der Waals surface area contributed by atoms with Crippen molar-refractivity contribution in [1.82, 2.24) is 9.80 Å². The van der Waals surface area contributed by atoms with Crippen molar-refractivity contribution in [2.75, 3.05) is 25.9 Å². The molecule has 0 spiro atoms. The van der Waals surface area contributed by atoms with Crippen LogP contribution < -0.4 is 5.73 Å². The fourth-order valence-electron chi connectivity index (χ4n) is 2.00. The Hall–Kier alpha value is -2.64. The van der Waals surface area contributed by atoms with Gasteiger partial charge < -0.3 is 15.5 Å². The predicted octanol–water partition coefficient (Wildman–Crippen LogP) is -0.0224. The van der Waals surface area contributed by atoms with Crippen molar-refractivity contribution in [1.29, 1.82) is 0 Å². The molecule has 1 aromatic rings. The number of nitrogen functional groups attached to an aromatic ring is 1. The van der Waals surface area contributed by atoms with E-state index in [2.05, 4.69) is 0 Å². The molecule has 0 aliphatic carbocycles. The van der Waals surface area contributed by atoms with E-state index in [0.717, 1.165) is 0 Å². The van der Waals surface area contributed by atoms with Crippen LogP contribution in [-0.4, -0.2) is 46.7 Å². The second-order valence-electron chi connectivity index (χ2n) is 4.65. The third-order valence-electron chi connectivity index (χ3n) is 3.14. The molecule has 20 heavy (non-hydrogen) atoms. The Morgan fingerprint density at radius 1 is 1.30 bits per heavy atom. The first-order valence-electron chi connectivity index (χ1n) is 5.93. The largest absolute Gasteiger partial charge is 0.393 e. The molecule has 1 saturated heterocycles. The van der Waals surface area contributed by atoms with Crippen molar-refractivity contribution in [2.24, 2.45) is 0 Å². The number of nitrogens with two attached hydrogens (primary N) is 1. The molecule has 1 aliphatic heterocycles. The summed E-state index contributed by atoms with van der Waals surface area (Å²) in [7, 11) is 1.57. The van der Waals surface area contributed by atoms with Gasteiger partial charge in [-0.3, -0.25) is 19.7 Å². The first kappa shape index (κ1) is 13.8. The highest BCUT2D eigenvalue weighted by Crippen LogP contribution is 2.23. The lowest BCUT2D eigenvalue weighted by Crippen LogP contribution is -2.51. The first-order chi connectivity index (χ1) is 9.38. The van der Waals surface area contributed by atoms with E-state index in [1.54, 1.807) is 7.05 Å². The van der Waals surface area contributed by atoms with Gasteiger partial charge >= 0.3 is 0 Å². The summed E-state index contributed by atoms with van der Waals surface area (Å²) in [5, 5.41) is 10.7. The number of carbonyl (C=O) groups excluding carboxylic acids is 2. The van der Waals surface area contributed by atoms with Gasteiger partial charge in [-0.05, 0) is 11.6 Å². The van der Waals surface area contributed by atoms with E-state index >= 15 is 0 Å². The molecule has 2 N–H and O–H groups in total. The number of rotatable bonds is 3. The minimum absolute atomic E-state index is 0.00618. The summed E-state index contributed by atoms with van der Waals surface area (Å²) in [5.41, 5.74) is 6.11. The summed E-state index contributed by atoms with van der Waals surface area (Å²) >= 11 is 0. The number of hydrogen-bond acceptors (Lipinski definition) is 5. The van der Waals surface area contributed by atoms with Crippen LogP contribution in [0.15, 0.2) is 18.2 Å². The maximum atomic E-state index is 11.8. The molecule has 8 nitrogen and oxygen atoms in total. The highest BCUT2D eigenvalue weighted by Gasteiger charge is 2.27. The highest BCUT2D eigenvalue weighted by molar-refractivity contribution is 5.92. The number of nitro benzene ring substituents is 1. The SMILES string of the molecule is CN1CC(=O)N(Cc2ccc([N+](=O)[O-])c(N)c2)CC1=O. The number of nitrogens with zero attached hydrogens (tertiary/aromatic N) is 3. The summed E-state index contributed by atoms with van der Waals surface area (Å²) in [5.74, 6) is -0.302. The molecule has 0 bridgehead atoms. The van der Waals surface area contributed by atoms with Crippen LogP contribution in [0.25, 0.3) is 0 Å². The van der Waals surface area contributed by atoms with E-state index < -0.39 is 4.92 Å². The number of hydrogen-bond donors (Lipinski definition) is 1. The van der Waals surface area contributed by atoms with Gasteiger partial charge in [-0.2, -0.15) is 0 Å². The van der Waals surface area contributed by atoms with Crippen LogP contribution >= 0.6 is 0 Å². The van der Waals surface area contributed by atoms with Crippen LogP contribution in [0.3, 0.4) is 0 Å². The Kier molecular flexibility index (Phi) is 3.55. The van der Waals surface area contributed by atoms with Crippen LogP contribution in [0.1, 0.15) is 5.56 Å². The van der Waals surface area contributed by atoms with Crippen LogP contribution in [0.4, 0.5) is 11.4 Å². The maximum absolute atomic E-state index is 11.8. The Labute approximate surface area is 114 Å². The minimum atomic E-state index is -0.566. The molecule has 0 saturated carbocycles. The minimum Gasteiger partial charge on any atom is -0.393 e. The van der Waals surface area contributed by atoms with Crippen LogP contribution in [0.2, 0.25) is 0 Å². The Morgan fingerprint density at radius 3 is 2.60 bits per heavy atom. The van der Waals surface area contributed by atoms with Crippen molar-refractivity contribution in [3.05, 3.63) is 33.9 Å². The van der Waals surface area contributed by atoms with Crippen molar-refractivity contribution in [2.45, 2.75) is 6.54 Å². The Morgan fingerprint density at radius 2 is 2.00 bits per heavy atom. The van der Waals surface area contributed by atoms with Crippen molar-refractivity contribution in [3.8, 4) is 0 Å². The molecule has 1 aliphatic rings. The van der Waals surface area contributed by atoms with Gasteiger partial charge in [0.05, 0.1) is 11.5 Å². The number of anilines is 1. The molecule has 1 fully saturated rings. The number of amides is 2. The molecule has 8 heteroatoms. The molecule has 106 valence electrons. The summed E-state index contributed by atoms with van der Waals surface area (Å²) < 4.78 is 0. The average Bonchev–Trinajstić information content (AvgIpc) is 2.35. The third kappa shape index (κ3) is 2.68. The lowest BCUT2D eigenvalue weighted by atomic mass is 10.1. The van der Waals surface area contributed by atoms with E-state index in [-0.39, 0.29) is 42.8 Å². The fourth-order valence-corrected chi connectivity index (χ4v) is 2.00. The van der Waals surface area contributed by atoms with Gasteiger partial charge in [0.25, 0.3) is 5.69 Å². The molecule has 1 aromatic carbocycles. The molecule has 0 radical (unpaired) electrons. The molecule has 0 unspecified atom stereocenters. The zero-order valence-electron chi connectivity index (χ0n) is 10.9. The normalized spacial score (nSPS) is 15.7. The summed E-state index contributed by atoms with van der Waals surface area (Å²) in [6.45, 7) is 0.258. The van der Waals surface area contributed by atoms with Crippen molar-refractivity contribution in [3.63, 3.8) is 0 Å². The van der Waals surface area contributed by atoms with E-state index in [0.29, 0.717) is 5.56 Å². The monoisotopic (exact) mass is 278 g/mol. The number of benzene rings is 1. The zero-order chi connectivity index (χ0) is 14.9. The molecular formula is C12H14N4O4. The fraction of sp³-hybridized carbons (Fsp3) is 0.333. The topological polar surface area (TPSA) is 110 Å². The summed E-state index contributed by atoms with van der Waals surface area (Å²) in [6.07, 6.45) is 0. The lowest BCUT2D eigenvalue weighted by Gasteiger charge is -2.31. The zero-order valence-corrected chi connectivity index (χ0v) is 10.9. The van der Waals surface area contributed by atoms with Gasteiger partial charge in [0, 0.05) is 19.7 Å². The summed E-state index contributed by atoms with van der Waals surface area (Å²) in [4.78, 5) is 36.2. The number of piperazine rings is 1. The molecule has 0 atom stereocenters. The maximum Gasteiger partial charge on any atom is 0.292 e. The molecule has 2 rings (SSSR count). The van der Waals surface area contributed by atoms with E-state index in [1.165, 1.54) is 28.0 Å². The van der Waals surface area contributed by atoms with Crippen molar-refractivity contribution >= 4 is 23.2 Å². The van der Waals surface area contributed by atoms with E-state index in [9.17, 15) is 19.7 Å². The highest BCUT2D eigenvalue weighted by atomic mass is 16.6. The second-order valence-corrected chi connectivity index (χ2v) is 4.65. The van der Waals surface area contributed by atoms with Gasteiger partial charge in [-0.25, -0.2) is 0 Å². The molecular weight excluding hydrogens is 264 g/mol.